The van der Waals surface area contributed by atoms with Crippen molar-refractivity contribution in [2.45, 2.75) is 6.42 Å². The molecule has 0 aromatic heterocycles. The van der Waals surface area contributed by atoms with Crippen molar-refractivity contribution in [1.29, 1.82) is 0 Å². The van der Waals surface area contributed by atoms with Crippen molar-refractivity contribution < 1.29 is 9.18 Å². The summed E-state index contributed by atoms with van der Waals surface area (Å²) in [5, 5.41) is 0. The molecule has 0 fully saturated rings. The fraction of sp³-hybridized carbons (Fsp3) is 0.222. The third kappa shape index (κ3) is 2.92. The SMILES string of the molecule is NC(=O)N(S)CCc1ccccc1F. The van der Waals surface area contributed by atoms with Gasteiger partial charge in [-0.3, -0.25) is 4.31 Å². The van der Waals surface area contributed by atoms with Crippen LogP contribution in [-0.4, -0.2) is 16.9 Å². The van der Waals surface area contributed by atoms with Gasteiger partial charge in [0.15, 0.2) is 0 Å². The van der Waals surface area contributed by atoms with Crippen LogP contribution < -0.4 is 5.73 Å². The lowest BCUT2D eigenvalue weighted by molar-refractivity contribution is 0.235. The number of carbonyl (C=O) groups is 1. The van der Waals surface area contributed by atoms with E-state index in [1.807, 2.05) is 0 Å². The quantitative estimate of drug-likeness (QED) is 0.737. The van der Waals surface area contributed by atoms with Gasteiger partial charge in [-0.2, -0.15) is 0 Å². The second kappa shape index (κ2) is 4.85. The first-order valence-electron chi connectivity index (χ1n) is 4.10. The molecule has 0 heterocycles. The second-order valence-electron chi connectivity index (χ2n) is 2.80. The van der Waals surface area contributed by atoms with Crippen molar-refractivity contribution in [3.63, 3.8) is 0 Å². The van der Waals surface area contributed by atoms with E-state index in [2.05, 4.69) is 12.8 Å². The number of amides is 2. The number of nitrogens with zero attached hydrogens (tertiary/aromatic N) is 1. The standard InChI is InChI=1S/C9H11FN2OS/c10-8-4-2-1-3-7(8)5-6-12(14)9(11)13/h1-4,14H,5-6H2,(H2,11,13). The normalized spacial score (nSPS) is 9.86. The summed E-state index contributed by atoms with van der Waals surface area (Å²) < 4.78 is 14.1. The van der Waals surface area contributed by atoms with Crippen molar-refractivity contribution in [3.8, 4) is 0 Å². The first kappa shape index (κ1) is 10.8. The summed E-state index contributed by atoms with van der Waals surface area (Å²) in [5.41, 5.74) is 5.50. The number of halogens is 1. The van der Waals surface area contributed by atoms with Gasteiger partial charge in [-0.25, -0.2) is 9.18 Å². The zero-order valence-corrected chi connectivity index (χ0v) is 8.38. The van der Waals surface area contributed by atoms with Gasteiger partial charge in [0, 0.05) is 6.54 Å². The van der Waals surface area contributed by atoms with E-state index < -0.39 is 6.03 Å². The van der Waals surface area contributed by atoms with Gasteiger partial charge in [0.05, 0.1) is 0 Å². The van der Waals surface area contributed by atoms with E-state index in [9.17, 15) is 9.18 Å². The molecule has 0 spiro atoms. The van der Waals surface area contributed by atoms with Crippen molar-refractivity contribution in [3.05, 3.63) is 35.6 Å². The Hall–Kier alpha value is -1.23. The summed E-state index contributed by atoms with van der Waals surface area (Å²) in [6, 6.07) is 5.77. The van der Waals surface area contributed by atoms with Crippen LogP contribution in [0.1, 0.15) is 5.56 Å². The minimum Gasteiger partial charge on any atom is -0.351 e. The highest BCUT2D eigenvalue weighted by molar-refractivity contribution is 7.78. The lowest BCUT2D eigenvalue weighted by atomic mass is 10.1. The predicted molar refractivity (Wildman–Crippen MR) is 55.4 cm³/mol. The smallest absolute Gasteiger partial charge is 0.324 e. The van der Waals surface area contributed by atoms with Crippen LogP contribution >= 0.6 is 12.8 Å². The molecule has 1 rings (SSSR count). The van der Waals surface area contributed by atoms with Crippen LogP contribution in [0.15, 0.2) is 24.3 Å². The molecule has 5 heteroatoms. The number of hydrogen-bond donors (Lipinski definition) is 2. The molecule has 0 unspecified atom stereocenters. The summed E-state index contributed by atoms with van der Waals surface area (Å²) in [5.74, 6) is -0.279. The van der Waals surface area contributed by atoms with Crippen molar-refractivity contribution >= 4 is 18.8 Å². The molecule has 0 bridgehead atoms. The first-order chi connectivity index (χ1) is 6.61. The fourth-order valence-electron chi connectivity index (χ4n) is 1.04. The second-order valence-corrected chi connectivity index (χ2v) is 3.29. The Morgan fingerprint density at radius 3 is 2.71 bits per heavy atom. The van der Waals surface area contributed by atoms with Gasteiger partial charge in [0.2, 0.25) is 0 Å². The lowest BCUT2D eigenvalue weighted by Crippen LogP contribution is -2.29. The van der Waals surface area contributed by atoms with Crippen molar-refractivity contribution in [1.82, 2.24) is 4.31 Å². The maximum Gasteiger partial charge on any atom is 0.324 e. The molecule has 1 aromatic rings. The Bertz CT molecular complexity index is 332. The third-order valence-electron chi connectivity index (χ3n) is 1.81. The molecular weight excluding hydrogens is 203 g/mol. The number of thiol groups is 1. The molecule has 3 nitrogen and oxygen atoms in total. The molecule has 2 amide bonds. The van der Waals surface area contributed by atoms with E-state index in [1.165, 1.54) is 6.07 Å². The van der Waals surface area contributed by atoms with E-state index in [1.54, 1.807) is 18.2 Å². The number of carbonyl (C=O) groups excluding carboxylic acids is 1. The van der Waals surface area contributed by atoms with Crippen LogP contribution in [0.5, 0.6) is 0 Å². The summed E-state index contributed by atoms with van der Waals surface area (Å²) in [4.78, 5) is 10.6. The van der Waals surface area contributed by atoms with Crippen LogP contribution in [0, 0.1) is 5.82 Å². The molecule has 1 aromatic carbocycles. The zero-order valence-electron chi connectivity index (χ0n) is 7.48. The number of nitrogens with two attached hydrogens (primary N) is 1. The molecule has 0 aliphatic carbocycles. The van der Waals surface area contributed by atoms with Crippen molar-refractivity contribution in [2.24, 2.45) is 5.73 Å². The molecule has 0 saturated heterocycles. The topological polar surface area (TPSA) is 46.3 Å². The summed E-state index contributed by atoms with van der Waals surface area (Å²) in [7, 11) is 0. The molecule has 2 N–H and O–H groups in total. The Labute approximate surface area is 87.2 Å². The Morgan fingerprint density at radius 2 is 2.14 bits per heavy atom. The average molecular weight is 214 g/mol. The molecule has 0 atom stereocenters. The third-order valence-corrected chi connectivity index (χ3v) is 2.20. The van der Waals surface area contributed by atoms with Gasteiger partial charge in [0.1, 0.15) is 5.82 Å². The molecule has 0 aliphatic rings. The summed E-state index contributed by atoms with van der Waals surface area (Å²) in [6.45, 7) is 0.291. The summed E-state index contributed by atoms with van der Waals surface area (Å²) >= 11 is 3.83. The van der Waals surface area contributed by atoms with E-state index in [-0.39, 0.29) is 5.82 Å². The minimum absolute atomic E-state index is 0.279. The van der Waals surface area contributed by atoms with Gasteiger partial charge in [-0.05, 0) is 18.1 Å². The highest BCUT2D eigenvalue weighted by Gasteiger charge is 2.06. The highest BCUT2D eigenvalue weighted by atomic mass is 32.1. The average Bonchev–Trinajstić information content (AvgIpc) is 2.16. The maximum atomic E-state index is 13.1. The van der Waals surface area contributed by atoms with Crippen LogP contribution in [0.2, 0.25) is 0 Å². The maximum absolute atomic E-state index is 13.1. The van der Waals surface area contributed by atoms with E-state index in [4.69, 9.17) is 5.73 Å². The van der Waals surface area contributed by atoms with Crippen molar-refractivity contribution in [2.75, 3.05) is 6.54 Å². The first-order valence-corrected chi connectivity index (χ1v) is 4.50. The molecule has 0 saturated carbocycles. The monoisotopic (exact) mass is 214 g/mol. The molecule has 76 valence electrons. The van der Waals surface area contributed by atoms with Crippen LogP contribution in [0.4, 0.5) is 9.18 Å². The number of rotatable bonds is 3. The van der Waals surface area contributed by atoms with Crippen LogP contribution in [0.3, 0.4) is 0 Å². The number of hydrogen-bond acceptors (Lipinski definition) is 2. The van der Waals surface area contributed by atoms with Gasteiger partial charge in [-0.15, -0.1) is 0 Å². The highest BCUT2D eigenvalue weighted by Crippen LogP contribution is 2.08. The summed E-state index contributed by atoms with van der Waals surface area (Å²) in [6.07, 6.45) is 0.402. The number of primary amides is 1. The fourth-order valence-corrected chi connectivity index (χ4v) is 1.14. The largest absolute Gasteiger partial charge is 0.351 e. The molecule has 14 heavy (non-hydrogen) atoms. The van der Waals surface area contributed by atoms with Gasteiger partial charge < -0.3 is 5.73 Å². The van der Waals surface area contributed by atoms with Gasteiger partial charge in [-0.1, -0.05) is 31.0 Å². The Morgan fingerprint density at radius 1 is 1.50 bits per heavy atom. The zero-order chi connectivity index (χ0) is 10.6. The van der Waals surface area contributed by atoms with E-state index in [0.717, 1.165) is 4.31 Å². The molecule has 0 radical (unpaired) electrons. The van der Waals surface area contributed by atoms with Gasteiger partial charge in [0.25, 0.3) is 0 Å². The Balaban J connectivity index is 2.54. The molecule has 0 aliphatic heterocycles. The van der Waals surface area contributed by atoms with Crippen LogP contribution in [0.25, 0.3) is 0 Å². The lowest BCUT2D eigenvalue weighted by Gasteiger charge is -2.12. The molecular formula is C9H11FN2OS. The van der Waals surface area contributed by atoms with E-state index in [0.29, 0.717) is 18.5 Å². The van der Waals surface area contributed by atoms with Gasteiger partial charge >= 0.3 is 6.03 Å². The predicted octanol–water partition coefficient (Wildman–Crippen LogP) is 1.59. The minimum atomic E-state index is -0.635. The van der Waals surface area contributed by atoms with E-state index >= 15 is 0 Å². The van der Waals surface area contributed by atoms with Crippen LogP contribution in [-0.2, 0) is 6.42 Å². The number of benzene rings is 1. The number of urea groups is 1. The Kier molecular flexibility index (Phi) is 3.76.